The molecular weight excluding hydrogens is 180 g/mol. The molecule has 1 aromatic rings. The highest BCUT2D eigenvalue weighted by Gasteiger charge is 2.21. The lowest BCUT2D eigenvalue weighted by molar-refractivity contribution is 0.130. The molecule has 2 rings (SSSR count). The summed E-state index contributed by atoms with van der Waals surface area (Å²) < 4.78 is 1.59. The number of hydrogen-bond acceptors (Lipinski definition) is 3. The molecule has 0 amide bonds. The molecule has 1 unspecified atom stereocenters. The summed E-state index contributed by atoms with van der Waals surface area (Å²) in [6, 6.07) is 0. The zero-order valence-electron chi connectivity index (χ0n) is 8.45. The lowest BCUT2D eigenvalue weighted by atomic mass is 10.1. The number of rotatable bonds is 0. The summed E-state index contributed by atoms with van der Waals surface area (Å²) in [7, 11) is 0. The minimum Gasteiger partial charge on any atom is -0.385 e. The van der Waals surface area contributed by atoms with Gasteiger partial charge in [-0.1, -0.05) is 0 Å². The van der Waals surface area contributed by atoms with Gasteiger partial charge in [0.25, 0.3) is 5.56 Å². The monoisotopic (exact) mass is 194 g/mol. The molecular formula is C10H14N2O2. The third-order valence-corrected chi connectivity index (χ3v) is 2.82. The van der Waals surface area contributed by atoms with Crippen LogP contribution >= 0.6 is 0 Å². The lowest BCUT2D eigenvalue weighted by Gasteiger charge is -2.22. The van der Waals surface area contributed by atoms with Crippen LogP contribution in [0.5, 0.6) is 0 Å². The molecule has 2 heterocycles. The quantitative estimate of drug-likeness (QED) is 0.661. The number of nitrogens with zero attached hydrogens (tertiary/aromatic N) is 2. The van der Waals surface area contributed by atoms with E-state index in [-0.39, 0.29) is 5.56 Å². The predicted molar refractivity (Wildman–Crippen MR) is 52.2 cm³/mol. The summed E-state index contributed by atoms with van der Waals surface area (Å²) in [5.74, 6) is 0.532. The van der Waals surface area contributed by atoms with Crippen molar-refractivity contribution in [2.24, 2.45) is 0 Å². The largest absolute Gasteiger partial charge is 0.385 e. The van der Waals surface area contributed by atoms with Crippen LogP contribution < -0.4 is 5.56 Å². The van der Waals surface area contributed by atoms with Crippen LogP contribution in [0.3, 0.4) is 0 Å². The Kier molecular flexibility index (Phi) is 2.15. The number of aliphatic hydroxyl groups is 1. The van der Waals surface area contributed by atoms with Crippen LogP contribution in [0.1, 0.15) is 36.0 Å². The zero-order chi connectivity index (χ0) is 10.3. The lowest BCUT2D eigenvalue weighted by Crippen LogP contribution is -2.32. The highest BCUT2D eigenvalue weighted by molar-refractivity contribution is 5.17. The first-order valence-electron chi connectivity index (χ1n) is 4.87. The van der Waals surface area contributed by atoms with E-state index in [0.717, 1.165) is 12.1 Å². The van der Waals surface area contributed by atoms with E-state index in [1.54, 1.807) is 18.4 Å². The van der Waals surface area contributed by atoms with Gasteiger partial charge in [-0.3, -0.25) is 9.36 Å². The van der Waals surface area contributed by atoms with Gasteiger partial charge in [-0.05, 0) is 26.7 Å². The fraction of sp³-hybridized carbons (Fsp3) is 0.600. The summed E-state index contributed by atoms with van der Waals surface area (Å²) in [5, 5.41) is 9.68. The van der Waals surface area contributed by atoms with Gasteiger partial charge in [0.15, 0.2) is 0 Å². The molecule has 1 aromatic heterocycles. The molecule has 14 heavy (non-hydrogen) atoms. The molecule has 1 atom stereocenters. The minimum atomic E-state index is -0.573. The second-order valence-corrected chi connectivity index (χ2v) is 3.80. The third-order valence-electron chi connectivity index (χ3n) is 2.82. The highest BCUT2D eigenvalue weighted by atomic mass is 16.3. The molecule has 0 bridgehead atoms. The number of aryl methyl sites for hydroxylation is 1. The molecule has 0 aromatic carbocycles. The summed E-state index contributed by atoms with van der Waals surface area (Å²) >= 11 is 0. The van der Waals surface area contributed by atoms with Gasteiger partial charge in [0.1, 0.15) is 11.9 Å². The first-order chi connectivity index (χ1) is 6.61. The van der Waals surface area contributed by atoms with Crippen molar-refractivity contribution >= 4 is 0 Å². The SMILES string of the molecule is Cc1nc2n(c(=O)c1C)CCCC2O. The van der Waals surface area contributed by atoms with Crippen LogP contribution in [0, 0.1) is 13.8 Å². The van der Waals surface area contributed by atoms with Crippen molar-refractivity contribution in [3.05, 3.63) is 27.4 Å². The fourth-order valence-electron chi connectivity index (χ4n) is 1.82. The highest BCUT2D eigenvalue weighted by Crippen LogP contribution is 2.21. The van der Waals surface area contributed by atoms with Gasteiger partial charge >= 0.3 is 0 Å². The van der Waals surface area contributed by atoms with Crippen LogP contribution in [-0.4, -0.2) is 14.7 Å². The minimum absolute atomic E-state index is 0.00810. The van der Waals surface area contributed by atoms with Crippen LogP contribution in [0.25, 0.3) is 0 Å². The standard InChI is InChI=1S/C10H14N2O2/c1-6-7(2)11-9-8(13)4-3-5-12(9)10(6)14/h8,13H,3-5H2,1-2H3. The first kappa shape index (κ1) is 9.40. The van der Waals surface area contributed by atoms with Gasteiger partial charge < -0.3 is 5.11 Å². The normalized spacial score (nSPS) is 20.6. The third kappa shape index (κ3) is 1.26. The molecule has 0 aliphatic carbocycles. The summed E-state index contributed by atoms with van der Waals surface area (Å²) in [4.78, 5) is 16.1. The van der Waals surface area contributed by atoms with Crippen LogP contribution in [0.4, 0.5) is 0 Å². The second-order valence-electron chi connectivity index (χ2n) is 3.80. The van der Waals surface area contributed by atoms with Crippen LogP contribution in [0.2, 0.25) is 0 Å². The Hall–Kier alpha value is -1.16. The van der Waals surface area contributed by atoms with Gasteiger partial charge in [-0.2, -0.15) is 0 Å². The summed E-state index contributed by atoms with van der Waals surface area (Å²) in [6.07, 6.45) is 0.975. The van der Waals surface area contributed by atoms with Crippen molar-refractivity contribution in [3.8, 4) is 0 Å². The molecule has 76 valence electrons. The Morgan fingerprint density at radius 3 is 2.93 bits per heavy atom. The maximum atomic E-state index is 11.8. The topological polar surface area (TPSA) is 55.1 Å². The van der Waals surface area contributed by atoms with E-state index in [1.807, 2.05) is 0 Å². The molecule has 0 fully saturated rings. The van der Waals surface area contributed by atoms with E-state index in [9.17, 15) is 9.90 Å². The maximum absolute atomic E-state index is 11.8. The molecule has 1 aliphatic heterocycles. The van der Waals surface area contributed by atoms with Gasteiger partial charge in [0, 0.05) is 17.8 Å². The zero-order valence-corrected chi connectivity index (χ0v) is 8.45. The van der Waals surface area contributed by atoms with Gasteiger partial charge in [-0.25, -0.2) is 4.98 Å². The van der Waals surface area contributed by atoms with Crippen LogP contribution in [0.15, 0.2) is 4.79 Å². The maximum Gasteiger partial charge on any atom is 0.256 e. The van der Waals surface area contributed by atoms with Crippen molar-refractivity contribution < 1.29 is 5.11 Å². The number of hydrogen-bond donors (Lipinski definition) is 1. The van der Waals surface area contributed by atoms with Crippen LogP contribution in [-0.2, 0) is 6.54 Å². The Bertz CT molecular complexity index is 423. The fourth-order valence-corrected chi connectivity index (χ4v) is 1.82. The van der Waals surface area contributed by atoms with E-state index in [2.05, 4.69) is 4.98 Å². The first-order valence-corrected chi connectivity index (χ1v) is 4.87. The van der Waals surface area contributed by atoms with E-state index >= 15 is 0 Å². The van der Waals surface area contributed by atoms with E-state index in [4.69, 9.17) is 0 Å². The Labute approximate surface area is 82.2 Å². The van der Waals surface area contributed by atoms with Crippen molar-refractivity contribution in [2.45, 2.75) is 39.3 Å². The second kappa shape index (κ2) is 3.20. The van der Waals surface area contributed by atoms with Crippen molar-refractivity contribution in [2.75, 3.05) is 0 Å². The molecule has 1 aliphatic rings. The molecule has 0 radical (unpaired) electrons. The number of aromatic nitrogens is 2. The Morgan fingerprint density at radius 1 is 1.50 bits per heavy atom. The van der Waals surface area contributed by atoms with Crippen molar-refractivity contribution in [1.29, 1.82) is 0 Å². The molecule has 1 N–H and O–H groups in total. The Balaban J connectivity index is 2.70. The summed E-state index contributed by atoms with van der Waals surface area (Å²) in [5.41, 5.74) is 1.40. The Morgan fingerprint density at radius 2 is 2.21 bits per heavy atom. The smallest absolute Gasteiger partial charge is 0.256 e. The average molecular weight is 194 g/mol. The van der Waals surface area contributed by atoms with Gasteiger partial charge in [0.05, 0.1) is 0 Å². The van der Waals surface area contributed by atoms with Gasteiger partial charge in [-0.15, -0.1) is 0 Å². The predicted octanol–water partition coefficient (Wildman–Crippen LogP) is 0.687. The van der Waals surface area contributed by atoms with Crippen molar-refractivity contribution in [1.82, 2.24) is 9.55 Å². The molecule has 4 heteroatoms. The van der Waals surface area contributed by atoms with E-state index in [1.165, 1.54) is 0 Å². The summed E-state index contributed by atoms with van der Waals surface area (Å²) in [6.45, 7) is 4.26. The molecule has 0 saturated heterocycles. The molecule has 4 nitrogen and oxygen atoms in total. The molecule has 0 spiro atoms. The molecule has 0 saturated carbocycles. The number of aliphatic hydroxyl groups excluding tert-OH is 1. The average Bonchev–Trinajstić information content (AvgIpc) is 2.17. The van der Waals surface area contributed by atoms with Gasteiger partial charge in [0.2, 0.25) is 0 Å². The van der Waals surface area contributed by atoms with Crippen molar-refractivity contribution in [3.63, 3.8) is 0 Å². The van der Waals surface area contributed by atoms with E-state index in [0.29, 0.717) is 24.4 Å². The number of fused-ring (bicyclic) bond motifs is 1. The van der Waals surface area contributed by atoms with E-state index < -0.39 is 6.10 Å².